The third-order valence-corrected chi connectivity index (χ3v) is 3.57. The van der Waals surface area contributed by atoms with Crippen LogP contribution in [0.15, 0.2) is 42.5 Å². The second-order valence-corrected chi connectivity index (χ2v) is 5.72. The molecule has 0 saturated heterocycles. The number of hydrogen-bond donors (Lipinski definition) is 2. The van der Waals surface area contributed by atoms with Crippen LogP contribution in [0.3, 0.4) is 0 Å². The molecule has 10 heteroatoms. The molecule has 142 valence electrons. The zero-order valence-electron chi connectivity index (χ0n) is 13.9. The Kier molecular flexibility index (Phi) is 7.07. The first-order chi connectivity index (χ1) is 12.9. The Balaban J connectivity index is 1.69. The molecule has 0 heterocycles. The maximum Gasteiger partial charge on any atom is 0.341 e. The van der Waals surface area contributed by atoms with Crippen molar-refractivity contribution in [1.82, 2.24) is 5.32 Å². The average Bonchev–Trinajstić information content (AvgIpc) is 2.65. The quantitative estimate of drug-likeness (QED) is 0.308. The van der Waals surface area contributed by atoms with Crippen LogP contribution in [0.25, 0.3) is 0 Å². The molecule has 0 aliphatic rings. The summed E-state index contributed by atoms with van der Waals surface area (Å²) < 4.78 is 18.3. The van der Waals surface area contributed by atoms with Crippen LogP contribution in [0.1, 0.15) is 10.4 Å². The molecule has 0 aromatic heterocycles. The van der Waals surface area contributed by atoms with E-state index in [-0.39, 0.29) is 22.8 Å². The summed E-state index contributed by atoms with van der Waals surface area (Å²) >= 11 is 5.69. The van der Waals surface area contributed by atoms with Gasteiger partial charge >= 0.3 is 5.97 Å². The molecule has 2 aromatic carbocycles. The van der Waals surface area contributed by atoms with Gasteiger partial charge in [0.15, 0.2) is 6.61 Å². The Morgan fingerprint density at radius 3 is 2.52 bits per heavy atom. The Morgan fingerprint density at radius 2 is 1.85 bits per heavy atom. The summed E-state index contributed by atoms with van der Waals surface area (Å²) in [4.78, 5) is 33.5. The van der Waals surface area contributed by atoms with Crippen LogP contribution in [-0.4, -0.2) is 36.5 Å². The van der Waals surface area contributed by atoms with E-state index in [4.69, 9.17) is 16.3 Å². The van der Waals surface area contributed by atoms with E-state index in [2.05, 4.69) is 10.6 Å². The lowest BCUT2D eigenvalue weighted by Gasteiger charge is -2.09. The fourth-order valence-electron chi connectivity index (χ4n) is 2.02. The van der Waals surface area contributed by atoms with Gasteiger partial charge in [0.1, 0.15) is 5.82 Å². The van der Waals surface area contributed by atoms with Gasteiger partial charge in [0.25, 0.3) is 11.6 Å². The van der Waals surface area contributed by atoms with Crippen LogP contribution >= 0.6 is 11.6 Å². The van der Waals surface area contributed by atoms with Gasteiger partial charge in [-0.1, -0.05) is 11.6 Å². The fourth-order valence-corrected chi connectivity index (χ4v) is 2.20. The number of halogens is 2. The number of non-ortho nitro benzene ring substituents is 1. The van der Waals surface area contributed by atoms with Gasteiger partial charge in [-0.25, -0.2) is 9.18 Å². The molecule has 2 N–H and O–H groups in total. The van der Waals surface area contributed by atoms with E-state index >= 15 is 0 Å². The van der Waals surface area contributed by atoms with Crippen molar-refractivity contribution in [2.45, 2.75) is 0 Å². The highest BCUT2D eigenvalue weighted by atomic mass is 35.5. The Labute approximate surface area is 158 Å². The molecule has 0 bridgehead atoms. The smallest absolute Gasteiger partial charge is 0.341 e. The van der Waals surface area contributed by atoms with E-state index in [0.717, 1.165) is 12.1 Å². The molecule has 0 radical (unpaired) electrons. The van der Waals surface area contributed by atoms with E-state index in [1.807, 2.05) is 0 Å². The van der Waals surface area contributed by atoms with E-state index < -0.39 is 29.2 Å². The lowest BCUT2D eigenvalue weighted by Crippen LogP contribution is -2.32. The van der Waals surface area contributed by atoms with Crippen molar-refractivity contribution in [3.63, 3.8) is 0 Å². The Morgan fingerprint density at radius 1 is 1.15 bits per heavy atom. The zero-order chi connectivity index (χ0) is 19.8. The predicted molar refractivity (Wildman–Crippen MR) is 96.3 cm³/mol. The first-order valence-corrected chi connectivity index (χ1v) is 8.12. The van der Waals surface area contributed by atoms with Crippen molar-refractivity contribution in [2.75, 3.05) is 25.0 Å². The molecule has 0 unspecified atom stereocenters. The summed E-state index contributed by atoms with van der Waals surface area (Å²) in [6.45, 7) is 0.00162. The minimum Gasteiger partial charge on any atom is -0.452 e. The number of nitrogens with zero attached hydrogens (tertiary/aromatic N) is 1. The van der Waals surface area contributed by atoms with Crippen molar-refractivity contribution >= 4 is 34.9 Å². The molecular formula is C17H15ClFN3O5. The van der Waals surface area contributed by atoms with Gasteiger partial charge in [-0.2, -0.15) is 0 Å². The number of nitrogens with one attached hydrogen (secondary N) is 2. The second-order valence-electron chi connectivity index (χ2n) is 5.28. The number of esters is 1. The summed E-state index contributed by atoms with van der Waals surface area (Å²) in [5.74, 6) is -2.34. The number of carbonyl (C=O) groups is 2. The van der Waals surface area contributed by atoms with Gasteiger partial charge < -0.3 is 15.4 Å². The first kappa shape index (κ1) is 20.1. The largest absolute Gasteiger partial charge is 0.452 e. The summed E-state index contributed by atoms with van der Waals surface area (Å²) in [6.07, 6.45) is 0. The van der Waals surface area contributed by atoms with Crippen LogP contribution < -0.4 is 10.6 Å². The lowest BCUT2D eigenvalue weighted by atomic mass is 10.2. The maximum absolute atomic E-state index is 13.5. The first-order valence-electron chi connectivity index (χ1n) is 7.74. The van der Waals surface area contributed by atoms with E-state index in [9.17, 15) is 24.1 Å². The fraction of sp³-hybridized carbons (Fsp3) is 0.176. The number of hydrogen-bond acceptors (Lipinski definition) is 6. The van der Waals surface area contributed by atoms with Gasteiger partial charge in [-0.15, -0.1) is 0 Å². The van der Waals surface area contributed by atoms with Crippen LogP contribution in [0, 0.1) is 15.9 Å². The van der Waals surface area contributed by atoms with Crippen LogP contribution in [0.5, 0.6) is 0 Å². The molecule has 0 aliphatic heterocycles. The molecule has 1 amide bonds. The van der Waals surface area contributed by atoms with E-state index in [0.29, 0.717) is 12.2 Å². The van der Waals surface area contributed by atoms with Gasteiger partial charge in [0, 0.05) is 35.9 Å². The van der Waals surface area contributed by atoms with Crippen molar-refractivity contribution in [3.8, 4) is 0 Å². The maximum atomic E-state index is 13.5. The standard InChI is InChI=1S/C17H15ClFN3O5/c18-11-1-6-15(19)14(9-11)17(24)27-10-16(23)21-8-7-20-12-2-4-13(5-3-12)22(25)26/h1-6,9,20H,7-8,10H2,(H,21,23). The number of ether oxygens (including phenoxy) is 1. The molecule has 0 saturated carbocycles. The van der Waals surface area contributed by atoms with Crippen molar-refractivity contribution in [1.29, 1.82) is 0 Å². The van der Waals surface area contributed by atoms with Gasteiger partial charge in [0.05, 0.1) is 10.5 Å². The normalized spacial score (nSPS) is 10.1. The lowest BCUT2D eigenvalue weighted by molar-refractivity contribution is -0.384. The Hall–Kier alpha value is -3.20. The highest BCUT2D eigenvalue weighted by Crippen LogP contribution is 2.16. The third kappa shape index (κ3) is 6.23. The molecule has 0 aliphatic carbocycles. The molecule has 27 heavy (non-hydrogen) atoms. The molecular weight excluding hydrogens is 381 g/mol. The minimum absolute atomic E-state index is 0.0215. The summed E-state index contributed by atoms with van der Waals surface area (Å²) in [5, 5.41) is 16.2. The van der Waals surface area contributed by atoms with Crippen LogP contribution in [-0.2, 0) is 9.53 Å². The predicted octanol–water partition coefficient (Wildman–Crippen LogP) is 2.77. The number of amides is 1. The van der Waals surface area contributed by atoms with Crippen molar-refractivity contribution in [2.24, 2.45) is 0 Å². The molecule has 0 fully saturated rings. The number of rotatable bonds is 8. The number of nitro groups is 1. The average molecular weight is 396 g/mol. The van der Waals surface area contributed by atoms with Crippen molar-refractivity contribution in [3.05, 3.63) is 69.0 Å². The highest BCUT2D eigenvalue weighted by molar-refractivity contribution is 6.30. The summed E-state index contributed by atoms with van der Waals surface area (Å²) in [5.41, 5.74) is 0.277. The molecule has 0 atom stereocenters. The van der Waals surface area contributed by atoms with Gasteiger partial charge in [-0.3, -0.25) is 14.9 Å². The van der Waals surface area contributed by atoms with Crippen LogP contribution in [0.2, 0.25) is 5.02 Å². The van der Waals surface area contributed by atoms with E-state index in [1.54, 1.807) is 12.1 Å². The number of nitro benzene ring substituents is 1. The Bertz CT molecular complexity index is 845. The molecule has 8 nitrogen and oxygen atoms in total. The topological polar surface area (TPSA) is 111 Å². The highest BCUT2D eigenvalue weighted by Gasteiger charge is 2.15. The molecule has 2 rings (SSSR count). The van der Waals surface area contributed by atoms with Crippen LogP contribution in [0.4, 0.5) is 15.8 Å². The summed E-state index contributed by atoms with van der Waals surface area (Å²) in [7, 11) is 0. The molecule has 0 spiro atoms. The number of anilines is 1. The van der Waals surface area contributed by atoms with Crippen molar-refractivity contribution < 1.29 is 23.6 Å². The number of benzene rings is 2. The SMILES string of the molecule is O=C(COC(=O)c1cc(Cl)ccc1F)NCCNc1ccc([N+](=O)[O-])cc1. The van der Waals surface area contributed by atoms with E-state index in [1.165, 1.54) is 18.2 Å². The number of carbonyl (C=O) groups excluding carboxylic acids is 2. The summed E-state index contributed by atoms with van der Waals surface area (Å²) in [6, 6.07) is 9.24. The second kappa shape index (κ2) is 9.48. The monoisotopic (exact) mass is 395 g/mol. The van der Waals surface area contributed by atoms with Gasteiger partial charge in [-0.05, 0) is 30.3 Å². The minimum atomic E-state index is -0.992. The zero-order valence-corrected chi connectivity index (χ0v) is 14.7. The third-order valence-electron chi connectivity index (χ3n) is 3.34. The molecule has 2 aromatic rings. The van der Waals surface area contributed by atoms with Gasteiger partial charge in [0.2, 0.25) is 0 Å².